The van der Waals surface area contributed by atoms with Gasteiger partial charge in [-0.1, -0.05) is 49.6 Å². The summed E-state index contributed by atoms with van der Waals surface area (Å²) < 4.78 is 5.50. The van der Waals surface area contributed by atoms with Crippen LogP contribution in [0.4, 0.5) is 0 Å². The van der Waals surface area contributed by atoms with E-state index >= 15 is 0 Å². The Labute approximate surface area is 122 Å². The molecule has 1 aromatic rings. The molecule has 1 saturated heterocycles. The van der Waals surface area contributed by atoms with Crippen LogP contribution in [0.25, 0.3) is 0 Å². The second-order valence-electron chi connectivity index (χ2n) is 6.42. The third-order valence-corrected chi connectivity index (χ3v) is 4.93. The standard InChI is InChI=1S/C18H27NO/c1-3-7-16(8-4-1)18(17-9-5-2-6-10-17)19-13-15-11-12-20-14-15/h1,3-4,7-8,15,17-19H,2,5-6,9-14H2. The van der Waals surface area contributed by atoms with Crippen molar-refractivity contribution in [2.45, 2.75) is 44.6 Å². The van der Waals surface area contributed by atoms with E-state index in [2.05, 4.69) is 35.6 Å². The van der Waals surface area contributed by atoms with Crippen molar-refractivity contribution in [3.8, 4) is 0 Å². The summed E-state index contributed by atoms with van der Waals surface area (Å²) >= 11 is 0. The van der Waals surface area contributed by atoms with Gasteiger partial charge in [0.1, 0.15) is 0 Å². The van der Waals surface area contributed by atoms with Gasteiger partial charge in [0, 0.05) is 19.2 Å². The Bertz CT molecular complexity index is 380. The van der Waals surface area contributed by atoms with E-state index in [4.69, 9.17) is 4.74 Å². The molecule has 0 bridgehead atoms. The van der Waals surface area contributed by atoms with Gasteiger partial charge in [-0.05, 0) is 36.7 Å². The average molecular weight is 273 g/mol. The van der Waals surface area contributed by atoms with E-state index in [0.717, 1.165) is 25.7 Å². The molecule has 1 saturated carbocycles. The highest BCUT2D eigenvalue weighted by Crippen LogP contribution is 2.34. The van der Waals surface area contributed by atoms with Gasteiger partial charge in [0.25, 0.3) is 0 Å². The fourth-order valence-corrected chi connectivity index (χ4v) is 3.72. The summed E-state index contributed by atoms with van der Waals surface area (Å²) in [5.74, 6) is 1.53. The van der Waals surface area contributed by atoms with E-state index in [1.54, 1.807) is 0 Å². The number of hydrogen-bond acceptors (Lipinski definition) is 2. The van der Waals surface area contributed by atoms with E-state index in [1.165, 1.54) is 44.1 Å². The van der Waals surface area contributed by atoms with E-state index in [0.29, 0.717) is 12.0 Å². The van der Waals surface area contributed by atoms with Gasteiger partial charge in [-0.2, -0.15) is 0 Å². The molecule has 2 unspecified atom stereocenters. The highest BCUT2D eigenvalue weighted by Gasteiger charge is 2.26. The molecule has 20 heavy (non-hydrogen) atoms. The number of benzene rings is 1. The molecule has 1 N–H and O–H groups in total. The zero-order valence-corrected chi connectivity index (χ0v) is 12.4. The van der Waals surface area contributed by atoms with Crippen LogP contribution in [0.15, 0.2) is 30.3 Å². The highest BCUT2D eigenvalue weighted by atomic mass is 16.5. The Kier molecular flexibility index (Phi) is 5.10. The molecule has 3 rings (SSSR count). The monoisotopic (exact) mass is 273 g/mol. The smallest absolute Gasteiger partial charge is 0.0507 e. The Hall–Kier alpha value is -0.860. The molecule has 1 aliphatic heterocycles. The van der Waals surface area contributed by atoms with Crippen LogP contribution in [0.2, 0.25) is 0 Å². The average Bonchev–Trinajstić information content (AvgIpc) is 3.03. The summed E-state index contributed by atoms with van der Waals surface area (Å²) in [7, 11) is 0. The molecule has 0 radical (unpaired) electrons. The van der Waals surface area contributed by atoms with Gasteiger partial charge in [-0.25, -0.2) is 0 Å². The largest absolute Gasteiger partial charge is 0.381 e. The predicted molar refractivity (Wildman–Crippen MR) is 82.7 cm³/mol. The van der Waals surface area contributed by atoms with Crippen LogP contribution in [0.5, 0.6) is 0 Å². The first-order valence-electron chi connectivity index (χ1n) is 8.29. The summed E-state index contributed by atoms with van der Waals surface area (Å²) in [5.41, 5.74) is 1.47. The maximum Gasteiger partial charge on any atom is 0.0507 e. The van der Waals surface area contributed by atoms with Crippen molar-refractivity contribution in [2.75, 3.05) is 19.8 Å². The molecular weight excluding hydrogens is 246 g/mol. The molecule has 0 amide bonds. The van der Waals surface area contributed by atoms with Gasteiger partial charge < -0.3 is 10.1 Å². The molecular formula is C18H27NO. The van der Waals surface area contributed by atoms with Crippen LogP contribution in [0.1, 0.15) is 50.1 Å². The third kappa shape index (κ3) is 3.62. The van der Waals surface area contributed by atoms with Crippen molar-refractivity contribution in [3.05, 3.63) is 35.9 Å². The molecule has 1 heterocycles. The minimum absolute atomic E-state index is 0.539. The van der Waals surface area contributed by atoms with Crippen molar-refractivity contribution in [3.63, 3.8) is 0 Å². The number of ether oxygens (including phenoxy) is 1. The van der Waals surface area contributed by atoms with Crippen LogP contribution < -0.4 is 5.32 Å². The maximum atomic E-state index is 5.50. The lowest BCUT2D eigenvalue weighted by atomic mass is 9.81. The molecule has 110 valence electrons. The van der Waals surface area contributed by atoms with E-state index in [-0.39, 0.29) is 0 Å². The zero-order chi connectivity index (χ0) is 13.6. The van der Waals surface area contributed by atoms with Crippen molar-refractivity contribution in [2.24, 2.45) is 11.8 Å². The molecule has 2 atom stereocenters. The van der Waals surface area contributed by atoms with Crippen LogP contribution in [0.3, 0.4) is 0 Å². The normalized spacial score (nSPS) is 25.7. The summed E-state index contributed by atoms with van der Waals surface area (Å²) in [6.07, 6.45) is 8.22. The minimum atomic E-state index is 0.539. The Morgan fingerprint density at radius 1 is 1.05 bits per heavy atom. The molecule has 2 aliphatic rings. The highest BCUT2D eigenvalue weighted by molar-refractivity contribution is 5.20. The van der Waals surface area contributed by atoms with E-state index in [9.17, 15) is 0 Å². The van der Waals surface area contributed by atoms with Crippen LogP contribution in [-0.4, -0.2) is 19.8 Å². The van der Waals surface area contributed by atoms with Crippen molar-refractivity contribution >= 4 is 0 Å². The third-order valence-electron chi connectivity index (χ3n) is 4.93. The van der Waals surface area contributed by atoms with Crippen LogP contribution >= 0.6 is 0 Å². The lowest BCUT2D eigenvalue weighted by Crippen LogP contribution is -2.33. The molecule has 0 spiro atoms. The van der Waals surface area contributed by atoms with Crippen LogP contribution in [-0.2, 0) is 4.74 Å². The van der Waals surface area contributed by atoms with E-state index < -0.39 is 0 Å². The Balaban J connectivity index is 1.65. The molecule has 0 aromatic heterocycles. The van der Waals surface area contributed by atoms with Gasteiger partial charge >= 0.3 is 0 Å². The second-order valence-corrected chi connectivity index (χ2v) is 6.42. The van der Waals surface area contributed by atoms with Crippen molar-refractivity contribution in [1.82, 2.24) is 5.32 Å². The SMILES string of the molecule is c1ccc(C(NCC2CCOC2)C2CCCCC2)cc1. The Morgan fingerprint density at radius 3 is 2.55 bits per heavy atom. The summed E-state index contributed by atoms with van der Waals surface area (Å²) in [6.45, 7) is 3.00. The van der Waals surface area contributed by atoms with Gasteiger partial charge in [0.2, 0.25) is 0 Å². The minimum Gasteiger partial charge on any atom is -0.381 e. The first-order chi connectivity index (χ1) is 9.93. The van der Waals surface area contributed by atoms with Gasteiger partial charge in [-0.3, -0.25) is 0 Å². The zero-order valence-electron chi connectivity index (χ0n) is 12.4. The number of rotatable bonds is 5. The lowest BCUT2D eigenvalue weighted by Gasteiger charge is -2.32. The van der Waals surface area contributed by atoms with Gasteiger partial charge in [-0.15, -0.1) is 0 Å². The fraction of sp³-hybridized carbons (Fsp3) is 0.667. The predicted octanol–water partition coefficient (Wildman–Crippen LogP) is 3.93. The molecule has 2 fully saturated rings. The summed E-state index contributed by atoms with van der Waals surface area (Å²) in [5, 5.41) is 3.87. The molecule has 2 heteroatoms. The first-order valence-corrected chi connectivity index (χ1v) is 8.29. The molecule has 1 aromatic carbocycles. The number of nitrogens with one attached hydrogen (secondary N) is 1. The quantitative estimate of drug-likeness (QED) is 0.877. The van der Waals surface area contributed by atoms with Crippen molar-refractivity contribution < 1.29 is 4.74 Å². The van der Waals surface area contributed by atoms with E-state index in [1.807, 2.05) is 0 Å². The summed E-state index contributed by atoms with van der Waals surface area (Å²) in [4.78, 5) is 0. The van der Waals surface area contributed by atoms with Crippen molar-refractivity contribution in [1.29, 1.82) is 0 Å². The fourth-order valence-electron chi connectivity index (χ4n) is 3.72. The first kappa shape index (κ1) is 14.1. The Morgan fingerprint density at radius 2 is 1.85 bits per heavy atom. The number of hydrogen-bond donors (Lipinski definition) is 1. The topological polar surface area (TPSA) is 21.3 Å². The molecule has 1 aliphatic carbocycles. The summed E-state index contributed by atoms with van der Waals surface area (Å²) in [6, 6.07) is 11.6. The second kappa shape index (κ2) is 7.24. The van der Waals surface area contributed by atoms with Gasteiger partial charge in [0.15, 0.2) is 0 Å². The van der Waals surface area contributed by atoms with Crippen LogP contribution in [0, 0.1) is 11.8 Å². The lowest BCUT2D eigenvalue weighted by molar-refractivity contribution is 0.182. The molecule has 2 nitrogen and oxygen atoms in total. The van der Waals surface area contributed by atoms with Gasteiger partial charge in [0.05, 0.1) is 6.61 Å². The maximum absolute atomic E-state index is 5.50.